The Morgan fingerprint density at radius 1 is 1.21 bits per heavy atom. The van der Waals surface area contributed by atoms with Crippen LogP contribution >= 0.6 is 11.3 Å². The maximum Gasteiger partial charge on any atom is 0.191 e. The number of thiazole rings is 1. The van der Waals surface area contributed by atoms with Gasteiger partial charge in [-0.25, -0.2) is 4.98 Å². The Bertz CT molecular complexity index is 677. The summed E-state index contributed by atoms with van der Waals surface area (Å²) in [4.78, 5) is 13.6. The highest BCUT2D eigenvalue weighted by Gasteiger charge is 2.37. The summed E-state index contributed by atoms with van der Waals surface area (Å²) >= 11 is 1.69. The van der Waals surface area contributed by atoms with Crippen LogP contribution in [-0.4, -0.2) is 48.6 Å². The standard InChI is InChI=1S/C18H23N5S/c19-17(21-13-15-12-16(15)14-4-2-1-3-5-14)22-7-9-23(10-8-22)18-20-6-11-24-18/h1-6,11,15-16H,7-10,12-13H2,(H2,19,21). The quantitative estimate of drug-likeness (QED) is 0.685. The highest BCUT2D eigenvalue weighted by atomic mass is 32.1. The van der Waals surface area contributed by atoms with Crippen molar-refractivity contribution in [3.8, 4) is 0 Å². The predicted molar refractivity (Wildman–Crippen MR) is 99.7 cm³/mol. The monoisotopic (exact) mass is 341 g/mol. The number of aromatic nitrogens is 1. The second kappa shape index (κ2) is 6.81. The van der Waals surface area contributed by atoms with Crippen molar-refractivity contribution in [2.45, 2.75) is 12.3 Å². The molecule has 1 aliphatic carbocycles. The van der Waals surface area contributed by atoms with Gasteiger partial charge >= 0.3 is 0 Å². The smallest absolute Gasteiger partial charge is 0.191 e. The molecular formula is C18H23N5S. The van der Waals surface area contributed by atoms with Gasteiger partial charge in [0, 0.05) is 44.3 Å². The topological polar surface area (TPSA) is 57.8 Å². The molecule has 1 aromatic carbocycles. The maximum atomic E-state index is 6.22. The predicted octanol–water partition coefficient (Wildman–Crippen LogP) is 2.38. The summed E-state index contributed by atoms with van der Waals surface area (Å²) in [5, 5.41) is 3.13. The second-order valence-corrected chi connectivity index (χ2v) is 7.37. The minimum Gasteiger partial charge on any atom is -0.370 e. The zero-order valence-corrected chi connectivity index (χ0v) is 14.5. The Hall–Kier alpha value is -2.08. The van der Waals surface area contributed by atoms with Crippen LogP contribution in [0.2, 0.25) is 0 Å². The number of aliphatic imine (C=N–C) groups is 1. The fourth-order valence-corrected chi connectivity index (χ4v) is 4.06. The molecule has 2 fully saturated rings. The number of nitrogens with zero attached hydrogens (tertiary/aromatic N) is 4. The van der Waals surface area contributed by atoms with Gasteiger partial charge in [-0.3, -0.25) is 4.99 Å². The van der Waals surface area contributed by atoms with Crippen molar-refractivity contribution in [1.29, 1.82) is 0 Å². The number of hydrogen-bond donors (Lipinski definition) is 1. The summed E-state index contributed by atoms with van der Waals surface area (Å²) in [6.45, 7) is 4.60. The van der Waals surface area contributed by atoms with E-state index in [2.05, 4.69) is 50.1 Å². The highest BCUT2D eigenvalue weighted by Crippen LogP contribution is 2.47. The van der Waals surface area contributed by atoms with Gasteiger partial charge in [0.25, 0.3) is 0 Å². The minimum absolute atomic E-state index is 0.655. The van der Waals surface area contributed by atoms with Crippen molar-refractivity contribution in [3.63, 3.8) is 0 Å². The van der Waals surface area contributed by atoms with E-state index in [4.69, 9.17) is 5.73 Å². The molecule has 0 bridgehead atoms. The zero-order valence-electron chi connectivity index (χ0n) is 13.7. The van der Waals surface area contributed by atoms with Crippen molar-refractivity contribution in [2.24, 2.45) is 16.6 Å². The van der Waals surface area contributed by atoms with Gasteiger partial charge in [0.05, 0.1) is 0 Å². The fraction of sp³-hybridized carbons (Fsp3) is 0.444. The summed E-state index contributed by atoms with van der Waals surface area (Å²) < 4.78 is 0. The summed E-state index contributed by atoms with van der Waals surface area (Å²) in [5.41, 5.74) is 7.66. The maximum absolute atomic E-state index is 6.22. The van der Waals surface area contributed by atoms with Gasteiger partial charge in [0.1, 0.15) is 0 Å². The average molecular weight is 341 g/mol. The van der Waals surface area contributed by atoms with E-state index in [1.54, 1.807) is 11.3 Å². The van der Waals surface area contributed by atoms with Gasteiger partial charge in [0.15, 0.2) is 11.1 Å². The lowest BCUT2D eigenvalue weighted by molar-refractivity contribution is 0.380. The first-order valence-electron chi connectivity index (χ1n) is 8.55. The third-order valence-electron chi connectivity index (χ3n) is 4.93. The van der Waals surface area contributed by atoms with Crippen LogP contribution in [0.15, 0.2) is 46.9 Å². The van der Waals surface area contributed by atoms with E-state index in [9.17, 15) is 0 Å². The lowest BCUT2D eigenvalue weighted by Gasteiger charge is -2.35. The molecule has 6 heteroatoms. The average Bonchev–Trinajstić information content (AvgIpc) is 3.21. The highest BCUT2D eigenvalue weighted by molar-refractivity contribution is 7.13. The Kier molecular flexibility index (Phi) is 4.38. The molecule has 1 aliphatic heterocycles. The largest absolute Gasteiger partial charge is 0.370 e. The zero-order chi connectivity index (χ0) is 16.4. The molecule has 0 amide bonds. The van der Waals surface area contributed by atoms with E-state index in [1.807, 2.05) is 11.6 Å². The fourth-order valence-electron chi connectivity index (χ4n) is 3.37. The van der Waals surface area contributed by atoms with Gasteiger partial charge in [-0.2, -0.15) is 0 Å². The molecule has 1 aromatic heterocycles. The summed E-state index contributed by atoms with van der Waals surface area (Å²) in [7, 11) is 0. The molecule has 2 aliphatic rings. The molecule has 4 rings (SSSR count). The molecule has 2 unspecified atom stereocenters. The number of rotatable bonds is 4. The normalized spacial score (nSPS) is 24.2. The molecule has 2 N–H and O–H groups in total. The Morgan fingerprint density at radius 3 is 2.71 bits per heavy atom. The number of nitrogens with two attached hydrogens (primary N) is 1. The molecular weight excluding hydrogens is 318 g/mol. The third-order valence-corrected chi connectivity index (χ3v) is 5.76. The molecule has 24 heavy (non-hydrogen) atoms. The molecule has 0 spiro atoms. The third kappa shape index (κ3) is 3.38. The first-order valence-corrected chi connectivity index (χ1v) is 9.43. The van der Waals surface area contributed by atoms with E-state index in [0.717, 1.165) is 37.9 Å². The van der Waals surface area contributed by atoms with Crippen LogP contribution in [0.5, 0.6) is 0 Å². The first-order chi connectivity index (χ1) is 11.8. The van der Waals surface area contributed by atoms with Crippen molar-refractivity contribution in [3.05, 3.63) is 47.5 Å². The van der Waals surface area contributed by atoms with Crippen LogP contribution < -0.4 is 10.6 Å². The Morgan fingerprint density at radius 2 is 2.00 bits per heavy atom. The van der Waals surface area contributed by atoms with Gasteiger partial charge in [0.2, 0.25) is 0 Å². The first kappa shape index (κ1) is 15.4. The van der Waals surface area contributed by atoms with Crippen LogP contribution in [0.3, 0.4) is 0 Å². The summed E-state index contributed by atoms with van der Waals surface area (Å²) in [6, 6.07) is 10.7. The lowest BCUT2D eigenvalue weighted by Crippen LogP contribution is -2.51. The van der Waals surface area contributed by atoms with E-state index in [0.29, 0.717) is 17.8 Å². The van der Waals surface area contributed by atoms with E-state index < -0.39 is 0 Å². The Labute approximate surface area is 146 Å². The molecule has 2 heterocycles. The van der Waals surface area contributed by atoms with Crippen LogP contribution in [0.1, 0.15) is 17.9 Å². The summed E-state index contributed by atoms with van der Waals surface area (Å²) in [5.74, 6) is 2.03. The number of guanidine groups is 1. The lowest BCUT2D eigenvalue weighted by atomic mass is 10.1. The van der Waals surface area contributed by atoms with Gasteiger partial charge < -0.3 is 15.5 Å². The van der Waals surface area contributed by atoms with Gasteiger partial charge in [-0.15, -0.1) is 11.3 Å². The SMILES string of the molecule is NC(=NCC1CC1c1ccccc1)N1CCN(c2nccs2)CC1. The van der Waals surface area contributed by atoms with Crippen molar-refractivity contribution in [2.75, 3.05) is 37.6 Å². The van der Waals surface area contributed by atoms with E-state index in [1.165, 1.54) is 12.0 Å². The van der Waals surface area contributed by atoms with Crippen LogP contribution in [0.25, 0.3) is 0 Å². The van der Waals surface area contributed by atoms with E-state index in [-0.39, 0.29) is 0 Å². The number of hydrogen-bond acceptors (Lipinski definition) is 4. The Balaban J connectivity index is 1.26. The van der Waals surface area contributed by atoms with Crippen LogP contribution in [0.4, 0.5) is 5.13 Å². The molecule has 1 saturated carbocycles. The number of benzene rings is 1. The van der Waals surface area contributed by atoms with E-state index >= 15 is 0 Å². The molecule has 5 nitrogen and oxygen atoms in total. The van der Waals surface area contributed by atoms with Crippen molar-refractivity contribution >= 4 is 22.4 Å². The minimum atomic E-state index is 0.655. The van der Waals surface area contributed by atoms with Crippen molar-refractivity contribution in [1.82, 2.24) is 9.88 Å². The number of anilines is 1. The van der Waals surface area contributed by atoms with Crippen LogP contribution in [0, 0.1) is 5.92 Å². The second-order valence-electron chi connectivity index (χ2n) is 6.50. The number of piperazine rings is 1. The van der Waals surface area contributed by atoms with Crippen LogP contribution in [-0.2, 0) is 0 Å². The molecule has 1 saturated heterocycles. The summed E-state index contributed by atoms with van der Waals surface area (Å²) in [6.07, 6.45) is 3.10. The van der Waals surface area contributed by atoms with Gasteiger partial charge in [-0.05, 0) is 23.8 Å². The molecule has 2 aromatic rings. The van der Waals surface area contributed by atoms with Crippen molar-refractivity contribution < 1.29 is 0 Å². The molecule has 2 atom stereocenters. The molecule has 0 radical (unpaired) electrons. The molecule has 126 valence electrons. The van der Waals surface area contributed by atoms with Gasteiger partial charge in [-0.1, -0.05) is 30.3 Å².